The van der Waals surface area contributed by atoms with Crippen LogP contribution >= 0.6 is 11.6 Å². The number of rotatable bonds is 8. The maximum absolute atomic E-state index is 13.1. The average Bonchev–Trinajstić information content (AvgIpc) is 2.68. The Morgan fingerprint density at radius 2 is 1.96 bits per heavy atom. The van der Waals surface area contributed by atoms with Gasteiger partial charge >= 0.3 is 0 Å². The Hall–Kier alpha value is -1.15. The zero-order chi connectivity index (χ0) is 20.0. The highest BCUT2D eigenvalue weighted by Gasteiger charge is 2.29. The molecule has 1 saturated heterocycles. The van der Waals surface area contributed by atoms with E-state index in [0.29, 0.717) is 32.8 Å². The minimum atomic E-state index is -3.68. The van der Waals surface area contributed by atoms with E-state index < -0.39 is 10.0 Å². The summed E-state index contributed by atoms with van der Waals surface area (Å²) in [4.78, 5) is 15.0. The summed E-state index contributed by atoms with van der Waals surface area (Å²) < 4.78 is 32.4. The Labute approximate surface area is 167 Å². The Morgan fingerprint density at radius 1 is 1.30 bits per heavy atom. The van der Waals surface area contributed by atoms with Crippen LogP contribution in [0.2, 0.25) is 5.02 Å². The third kappa shape index (κ3) is 5.22. The Morgan fingerprint density at radius 3 is 2.56 bits per heavy atom. The van der Waals surface area contributed by atoms with Crippen LogP contribution in [0.15, 0.2) is 23.1 Å². The molecule has 1 aliphatic rings. The smallest absolute Gasteiger partial charge is 0.255 e. The van der Waals surface area contributed by atoms with E-state index >= 15 is 0 Å². The van der Waals surface area contributed by atoms with Crippen LogP contribution in [0.4, 0.5) is 0 Å². The zero-order valence-electron chi connectivity index (χ0n) is 16.3. The first-order valence-corrected chi connectivity index (χ1v) is 11.3. The third-order valence-electron chi connectivity index (χ3n) is 4.91. The van der Waals surface area contributed by atoms with Gasteiger partial charge in [0.15, 0.2) is 0 Å². The fourth-order valence-corrected chi connectivity index (χ4v) is 4.62. The second kappa shape index (κ2) is 9.87. The standard InChI is InChI=1S/C19H29ClN2O4S/c1-4-6-9-22(15(3)5-2)19(23)17-14-16(7-8-18(17)20)27(24,25)21-10-12-26-13-11-21/h7-8,14-15H,4-6,9-13H2,1-3H3. The van der Waals surface area contributed by atoms with Gasteiger partial charge < -0.3 is 9.64 Å². The van der Waals surface area contributed by atoms with Crippen molar-refractivity contribution in [2.45, 2.75) is 51.0 Å². The van der Waals surface area contributed by atoms with Crippen LogP contribution in [0.25, 0.3) is 0 Å². The van der Waals surface area contributed by atoms with Crippen molar-refractivity contribution in [1.82, 2.24) is 9.21 Å². The second-order valence-corrected chi connectivity index (χ2v) is 9.11. The van der Waals surface area contributed by atoms with E-state index in [4.69, 9.17) is 16.3 Å². The van der Waals surface area contributed by atoms with Crippen LogP contribution in [0.3, 0.4) is 0 Å². The van der Waals surface area contributed by atoms with Gasteiger partial charge in [0.1, 0.15) is 0 Å². The third-order valence-corrected chi connectivity index (χ3v) is 7.14. The molecule has 0 aromatic heterocycles. The van der Waals surface area contributed by atoms with Gasteiger partial charge in [-0.25, -0.2) is 8.42 Å². The fraction of sp³-hybridized carbons (Fsp3) is 0.632. The van der Waals surface area contributed by atoms with Crippen molar-refractivity contribution >= 4 is 27.5 Å². The summed E-state index contributed by atoms with van der Waals surface area (Å²) in [5, 5.41) is 0.269. The van der Waals surface area contributed by atoms with Crippen molar-refractivity contribution < 1.29 is 17.9 Å². The maximum Gasteiger partial charge on any atom is 0.255 e. The van der Waals surface area contributed by atoms with Crippen molar-refractivity contribution in [1.29, 1.82) is 0 Å². The van der Waals surface area contributed by atoms with Crippen molar-refractivity contribution in [2.75, 3.05) is 32.8 Å². The number of ether oxygens (including phenoxy) is 1. The number of morpholine rings is 1. The van der Waals surface area contributed by atoms with E-state index in [1.54, 1.807) is 4.90 Å². The molecule has 6 nitrogen and oxygen atoms in total. The molecule has 152 valence electrons. The largest absolute Gasteiger partial charge is 0.379 e. The molecule has 8 heteroatoms. The van der Waals surface area contributed by atoms with Crippen molar-refractivity contribution in [3.8, 4) is 0 Å². The van der Waals surface area contributed by atoms with E-state index in [1.165, 1.54) is 22.5 Å². The summed E-state index contributed by atoms with van der Waals surface area (Å²) in [6.45, 7) is 8.08. The predicted octanol–water partition coefficient (Wildman–Crippen LogP) is 3.40. The first-order valence-electron chi connectivity index (χ1n) is 9.51. The topological polar surface area (TPSA) is 66.9 Å². The summed E-state index contributed by atoms with van der Waals surface area (Å²) >= 11 is 6.28. The molecule has 1 fully saturated rings. The van der Waals surface area contributed by atoms with Gasteiger partial charge in [-0.3, -0.25) is 4.79 Å². The highest BCUT2D eigenvalue weighted by Crippen LogP contribution is 2.26. The van der Waals surface area contributed by atoms with Crippen molar-refractivity contribution in [3.05, 3.63) is 28.8 Å². The molecular weight excluding hydrogens is 388 g/mol. The highest BCUT2D eigenvalue weighted by molar-refractivity contribution is 7.89. The van der Waals surface area contributed by atoms with E-state index in [0.717, 1.165) is 19.3 Å². The average molecular weight is 417 g/mol. The van der Waals surface area contributed by atoms with E-state index in [2.05, 4.69) is 6.92 Å². The molecule has 1 aromatic carbocycles. The Balaban J connectivity index is 2.36. The quantitative estimate of drug-likeness (QED) is 0.651. The lowest BCUT2D eigenvalue weighted by molar-refractivity contribution is 0.0684. The first-order chi connectivity index (χ1) is 12.8. The molecule has 1 heterocycles. The maximum atomic E-state index is 13.1. The number of hydrogen-bond donors (Lipinski definition) is 0. The van der Waals surface area contributed by atoms with Crippen LogP contribution in [0, 0.1) is 0 Å². The lowest BCUT2D eigenvalue weighted by atomic mass is 10.1. The van der Waals surface area contributed by atoms with Crippen LogP contribution < -0.4 is 0 Å². The number of benzene rings is 1. The van der Waals surface area contributed by atoms with Gasteiger partial charge in [0.05, 0.1) is 28.7 Å². The first kappa shape index (κ1) is 22.1. The fourth-order valence-electron chi connectivity index (χ4n) is 2.99. The van der Waals surface area contributed by atoms with Crippen molar-refractivity contribution in [3.63, 3.8) is 0 Å². The van der Waals surface area contributed by atoms with Gasteiger partial charge in [-0.2, -0.15) is 4.31 Å². The number of unbranched alkanes of at least 4 members (excludes halogenated alkanes) is 1. The molecule has 0 N–H and O–H groups in total. The molecule has 0 aliphatic carbocycles. The normalized spacial score (nSPS) is 16.9. The molecule has 1 aliphatic heterocycles. The van der Waals surface area contributed by atoms with E-state index in [9.17, 15) is 13.2 Å². The summed E-state index contributed by atoms with van der Waals surface area (Å²) in [5.41, 5.74) is 0.238. The Bertz CT molecular complexity index is 748. The zero-order valence-corrected chi connectivity index (χ0v) is 17.9. The molecule has 1 aromatic rings. The number of hydrogen-bond acceptors (Lipinski definition) is 4. The minimum absolute atomic E-state index is 0.0552. The lowest BCUT2D eigenvalue weighted by Crippen LogP contribution is -2.41. The molecule has 1 unspecified atom stereocenters. The molecule has 27 heavy (non-hydrogen) atoms. The van der Waals surface area contributed by atoms with E-state index in [-0.39, 0.29) is 27.4 Å². The van der Waals surface area contributed by atoms with Gasteiger partial charge in [0.2, 0.25) is 10.0 Å². The summed E-state index contributed by atoms with van der Waals surface area (Å²) in [7, 11) is -3.68. The lowest BCUT2D eigenvalue weighted by Gasteiger charge is -2.29. The van der Waals surface area contributed by atoms with Crippen LogP contribution in [-0.4, -0.2) is 62.4 Å². The minimum Gasteiger partial charge on any atom is -0.379 e. The predicted molar refractivity (Wildman–Crippen MR) is 107 cm³/mol. The number of nitrogens with zero attached hydrogens (tertiary/aromatic N) is 2. The molecule has 1 atom stereocenters. The SMILES string of the molecule is CCCCN(C(=O)c1cc(S(=O)(=O)N2CCOCC2)ccc1Cl)C(C)CC. The molecule has 0 bridgehead atoms. The summed E-state index contributed by atoms with van der Waals surface area (Å²) in [5.74, 6) is -0.221. The Kier molecular flexibility index (Phi) is 8.09. The number of carbonyl (C=O) groups excluding carboxylic acids is 1. The second-order valence-electron chi connectivity index (χ2n) is 6.77. The summed E-state index contributed by atoms with van der Waals surface area (Å²) in [6, 6.07) is 4.43. The number of sulfonamides is 1. The van der Waals surface area contributed by atoms with Gasteiger partial charge in [-0.15, -0.1) is 0 Å². The van der Waals surface area contributed by atoms with Gasteiger partial charge in [0.25, 0.3) is 5.91 Å². The molecule has 1 amide bonds. The number of carbonyl (C=O) groups is 1. The van der Waals surface area contributed by atoms with Crippen LogP contribution in [0.1, 0.15) is 50.4 Å². The molecular formula is C19H29ClN2O4S. The molecule has 0 radical (unpaired) electrons. The monoisotopic (exact) mass is 416 g/mol. The van der Waals surface area contributed by atoms with Gasteiger partial charge in [0, 0.05) is 25.7 Å². The van der Waals surface area contributed by atoms with Gasteiger partial charge in [-0.05, 0) is 38.0 Å². The molecule has 2 rings (SSSR count). The number of amides is 1. The summed E-state index contributed by atoms with van der Waals surface area (Å²) in [6.07, 6.45) is 2.68. The number of halogens is 1. The van der Waals surface area contributed by atoms with E-state index in [1.807, 2.05) is 13.8 Å². The van der Waals surface area contributed by atoms with Gasteiger partial charge in [-0.1, -0.05) is 31.9 Å². The molecule has 0 spiro atoms. The van der Waals surface area contributed by atoms with Crippen LogP contribution in [0.5, 0.6) is 0 Å². The highest BCUT2D eigenvalue weighted by atomic mass is 35.5. The molecule has 0 saturated carbocycles. The van der Waals surface area contributed by atoms with Crippen LogP contribution in [-0.2, 0) is 14.8 Å². The van der Waals surface area contributed by atoms with Crippen molar-refractivity contribution in [2.24, 2.45) is 0 Å².